The summed E-state index contributed by atoms with van der Waals surface area (Å²) in [5.74, 6) is 1.60. The minimum absolute atomic E-state index is 0.290. The fraction of sp³-hybridized carbons (Fsp3) is 0.400. The van der Waals surface area contributed by atoms with Gasteiger partial charge in [-0.2, -0.15) is 0 Å². The highest BCUT2D eigenvalue weighted by Crippen LogP contribution is 2.59. The second-order valence-electron chi connectivity index (χ2n) is 6.95. The van der Waals surface area contributed by atoms with Crippen molar-refractivity contribution in [2.24, 2.45) is 11.3 Å². The molecule has 0 radical (unpaired) electrons. The molecule has 1 nitrogen and oxygen atoms in total. The molecule has 108 valence electrons. The lowest BCUT2D eigenvalue weighted by atomic mass is 9.58. The molecule has 3 aliphatic carbocycles. The standard InChI is InChI=1S/C20H22O/c1-3-14-5-9-19-18-7-4-13-12-15(21)6-8-16(13)17(18)10-11-20(14,19)2/h3,5-8,12,17,19,21H,1,4,9-11H2,2H3/t17?,19?,20-/m1/s1. The van der Waals surface area contributed by atoms with Crippen molar-refractivity contribution in [2.45, 2.75) is 38.5 Å². The fourth-order valence-corrected chi connectivity index (χ4v) is 4.89. The Labute approximate surface area is 126 Å². The number of phenols is 1. The first-order valence-corrected chi connectivity index (χ1v) is 7.98. The van der Waals surface area contributed by atoms with Gasteiger partial charge in [0.25, 0.3) is 0 Å². The van der Waals surface area contributed by atoms with Crippen molar-refractivity contribution >= 4 is 0 Å². The third-order valence-electron chi connectivity index (χ3n) is 6.04. The van der Waals surface area contributed by atoms with E-state index in [0.29, 0.717) is 23.0 Å². The van der Waals surface area contributed by atoms with E-state index in [4.69, 9.17) is 0 Å². The first-order valence-electron chi connectivity index (χ1n) is 7.98. The number of fused-ring (bicyclic) bond motifs is 5. The number of allylic oxidation sites excluding steroid dienone is 5. The maximum Gasteiger partial charge on any atom is 0.115 e. The topological polar surface area (TPSA) is 20.2 Å². The van der Waals surface area contributed by atoms with E-state index in [9.17, 15) is 5.11 Å². The molecule has 0 amide bonds. The number of hydrogen-bond donors (Lipinski definition) is 1. The van der Waals surface area contributed by atoms with Crippen LogP contribution in [0.1, 0.15) is 43.2 Å². The quantitative estimate of drug-likeness (QED) is 0.725. The number of phenolic OH excluding ortho intramolecular Hbond substituents is 1. The average Bonchev–Trinajstić information content (AvgIpc) is 2.83. The van der Waals surface area contributed by atoms with Gasteiger partial charge in [0, 0.05) is 5.92 Å². The minimum atomic E-state index is 0.290. The van der Waals surface area contributed by atoms with Gasteiger partial charge >= 0.3 is 0 Å². The molecular weight excluding hydrogens is 256 g/mol. The van der Waals surface area contributed by atoms with Crippen LogP contribution in [-0.2, 0) is 6.42 Å². The summed E-state index contributed by atoms with van der Waals surface area (Å²) in [6, 6.07) is 5.93. The first-order chi connectivity index (χ1) is 10.1. The molecule has 0 spiro atoms. The van der Waals surface area contributed by atoms with Crippen LogP contribution in [0.15, 0.2) is 54.2 Å². The molecule has 0 aliphatic heterocycles. The van der Waals surface area contributed by atoms with Crippen LogP contribution in [0.3, 0.4) is 0 Å². The lowest BCUT2D eigenvalue weighted by Gasteiger charge is -2.46. The smallest absolute Gasteiger partial charge is 0.115 e. The molecule has 1 saturated carbocycles. The van der Waals surface area contributed by atoms with Gasteiger partial charge in [0.1, 0.15) is 5.75 Å². The van der Waals surface area contributed by atoms with Crippen molar-refractivity contribution in [2.75, 3.05) is 0 Å². The van der Waals surface area contributed by atoms with E-state index >= 15 is 0 Å². The third-order valence-corrected chi connectivity index (χ3v) is 6.04. The summed E-state index contributed by atoms with van der Waals surface area (Å²) < 4.78 is 0. The third kappa shape index (κ3) is 1.70. The summed E-state index contributed by atoms with van der Waals surface area (Å²) in [7, 11) is 0. The van der Waals surface area contributed by atoms with E-state index in [0.717, 1.165) is 12.8 Å². The van der Waals surface area contributed by atoms with Crippen LogP contribution in [0.2, 0.25) is 0 Å². The maximum absolute atomic E-state index is 9.70. The van der Waals surface area contributed by atoms with Crippen LogP contribution in [0.25, 0.3) is 0 Å². The van der Waals surface area contributed by atoms with Crippen molar-refractivity contribution in [3.8, 4) is 5.75 Å². The van der Waals surface area contributed by atoms with Gasteiger partial charge in [0.15, 0.2) is 0 Å². The lowest BCUT2D eigenvalue weighted by Crippen LogP contribution is -2.35. The SMILES string of the molecule is C=CC1=CCC2C3=CCc4cc(O)ccc4C3CC[C@]12C. The first kappa shape index (κ1) is 12.9. The predicted molar refractivity (Wildman–Crippen MR) is 86.4 cm³/mol. The van der Waals surface area contributed by atoms with E-state index in [1.54, 1.807) is 5.57 Å². The summed E-state index contributed by atoms with van der Waals surface area (Å²) in [4.78, 5) is 0. The Kier molecular flexibility index (Phi) is 2.69. The van der Waals surface area contributed by atoms with Crippen molar-refractivity contribution in [3.05, 3.63) is 65.3 Å². The van der Waals surface area contributed by atoms with Gasteiger partial charge in [-0.1, -0.05) is 43.4 Å². The van der Waals surface area contributed by atoms with Crippen LogP contribution < -0.4 is 0 Å². The number of aromatic hydroxyl groups is 1. The lowest BCUT2D eigenvalue weighted by molar-refractivity contribution is 0.223. The molecule has 1 aromatic carbocycles. The highest BCUT2D eigenvalue weighted by molar-refractivity contribution is 5.49. The monoisotopic (exact) mass is 278 g/mol. The summed E-state index contributed by atoms with van der Waals surface area (Å²) in [6.07, 6.45) is 11.5. The molecule has 2 unspecified atom stereocenters. The highest BCUT2D eigenvalue weighted by atomic mass is 16.3. The van der Waals surface area contributed by atoms with E-state index in [-0.39, 0.29) is 0 Å². The maximum atomic E-state index is 9.70. The van der Waals surface area contributed by atoms with Gasteiger partial charge in [0.05, 0.1) is 0 Å². The second-order valence-corrected chi connectivity index (χ2v) is 6.95. The van der Waals surface area contributed by atoms with E-state index in [2.05, 4.69) is 37.8 Å². The normalized spacial score (nSPS) is 33.4. The van der Waals surface area contributed by atoms with Crippen LogP contribution in [0.4, 0.5) is 0 Å². The molecule has 0 bridgehead atoms. The summed E-state index contributed by atoms with van der Waals surface area (Å²) in [6.45, 7) is 6.43. The van der Waals surface area contributed by atoms with Gasteiger partial charge < -0.3 is 5.11 Å². The zero-order valence-electron chi connectivity index (χ0n) is 12.6. The zero-order valence-corrected chi connectivity index (χ0v) is 12.6. The molecule has 3 aliphatic rings. The van der Waals surface area contributed by atoms with Crippen LogP contribution >= 0.6 is 0 Å². The Morgan fingerprint density at radius 3 is 3.00 bits per heavy atom. The zero-order chi connectivity index (χ0) is 14.6. The van der Waals surface area contributed by atoms with Crippen molar-refractivity contribution < 1.29 is 5.11 Å². The highest BCUT2D eigenvalue weighted by Gasteiger charge is 2.47. The number of rotatable bonds is 1. The van der Waals surface area contributed by atoms with Crippen molar-refractivity contribution in [3.63, 3.8) is 0 Å². The predicted octanol–water partition coefficient (Wildman–Crippen LogP) is 4.89. The van der Waals surface area contributed by atoms with Gasteiger partial charge in [0.2, 0.25) is 0 Å². The molecule has 21 heavy (non-hydrogen) atoms. The molecule has 1 fully saturated rings. The average molecular weight is 278 g/mol. The second kappa shape index (κ2) is 4.37. The summed E-state index contributed by atoms with van der Waals surface area (Å²) in [5, 5.41) is 9.70. The fourth-order valence-electron chi connectivity index (χ4n) is 4.89. The Morgan fingerprint density at radius 1 is 1.33 bits per heavy atom. The van der Waals surface area contributed by atoms with Gasteiger partial charge in [-0.05, 0) is 65.8 Å². The van der Waals surface area contributed by atoms with Crippen molar-refractivity contribution in [1.29, 1.82) is 0 Å². The largest absolute Gasteiger partial charge is 0.508 e. The Hall–Kier alpha value is -1.76. The molecule has 4 rings (SSSR count). The molecule has 0 saturated heterocycles. The Bertz CT molecular complexity index is 679. The Morgan fingerprint density at radius 2 is 2.19 bits per heavy atom. The molecule has 0 heterocycles. The molecule has 1 N–H and O–H groups in total. The molecule has 0 aromatic heterocycles. The molecule has 1 aromatic rings. The minimum Gasteiger partial charge on any atom is -0.508 e. The van der Waals surface area contributed by atoms with E-state index < -0.39 is 0 Å². The van der Waals surface area contributed by atoms with Crippen LogP contribution in [0, 0.1) is 11.3 Å². The van der Waals surface area contributed by atoms with E-state index in [1.165, 1.54) is 29.5 Å². The van der Waals surface area contributed by atoms with Gasteiger partial charge in [-0.25, -0.2) is 0 Å². The van der Waals surface area contributed by atoms with Crippen molar-refractivity contribution in [1.82, 2.24) is 0 Å². The van der Waals surface area contributed by atoms with E-state index in [1.807, 2.05) is 12.1 Å². The van der Waals surface area contributed by atoms with Crippen LogP contribution in [0.5, 0.6) is 5.75 Å². The van der Waals surface area contributed by atoms with Gasteiger partial charge in [-0.15, -0.1) is 0 Å². The number of hydrogen-bond acceptors (Lipinski definition) is 1. The van der Waals surface area contributed by atoms with Gasteiger partial charge in [-0.3, -0.25) is 0 Å². The Balaban J connectivity index is 1.75. The molecule has 3 atom stereocenters. The van der Waals surface area contributed by atoms with Crippen LogP contribution in [-0.4, -0.2) is 5.11 Å². The summed E-state index contributed by atoms with van der Waals surface area (Å²) in [5.41, 5.74) is 6.12. The summed E-state index contributed by atoms with van der Waals surface area (Å²) >= 11 is 0. The number of benzene rings is 1. The molecule has 1 heteroatoms. The molecular formula is C20H22O.